The average molecular weight is 342 g/mol. The number of ether oxygens (including phenoxy) is 1. The lowest BCUT2D eigenvalue weighted by Crippen LogP contribution is -2.14. The lowest BCUT2D eigenvalue weighted by Gasteiger charge is -2.28. The van der Waals surface area contributed by atoms with Gasteiger partial charge >= 0.3 is 0 Å². The molecule has 0 amide bonds. The van der Waals surface area contributed by atoms with E-state index < -0.39 is 0 Å². The van der Waals surface area contributed by atoms with Gasteiger partial charge in [-0.15, -0.1) is 0 Å². The molecule has 26 heavy (non-hydrogen) atoms. The van der Waals surface area contributed by atoms with E-state index in [9.17, 15) is 0 Å². The predicted molar refractivity (Wildman–Crippen MR) is 108 cm³/mol. The van der Waals surface area contributed by atoms with Crippen molar-refractivity contribution in [2.75, 3.05) is 26.1 Å². The Morgan fingerprint density at radius 1 is 1.00 bits per heavy atom. The molecule has 0 radical (unpaired) electrons. The lowest BCUT2D eigenvalue weighted by molar-refractivity contribution is 0.415. The number of benzene rings is 2. The van der Waals surface area contributed by atoms with Gasteiger partial charge in [-0.25, -0.2) is 0 Å². The summed E-state index contributed by atoms with van der Waals surface area (Å²) in [5, 5.41) is 8.02. The van der Waals surface area contributed by atoms with Gasteiger partial charge in [0.05, 0.1) is 12.8 Å². The fraction of sp³-hybridized carbons (Fsp3) is 0.174. The van der Waals surface area contributed by atoms with Crippen molar-refractivity contribution in [3.63, 3.8) is 0 Å². The van der Waals surface area contributed by atoms with Crippen LogP contribution in [0, 0.1) is 5.41 Å². The summed E-state index contributed by atoms with van der Waals surface area (Å²) in [5.41, 5.74) is 9.17. The maximum atomic E-state index is 8.02. The third kappa shape index (κ3) is 2.76. The van der Waals surface area contributed by atoms with Crippen molar-refractivity contribution in [3.8, 4) is 5.75 Å². The first-order chi connectivity index (χ1) is 12.6. The number of rotatable bonds is 3. The van der Waals surface area contributed by atoms with Gasteiger partial charge < -0.3 is 15.0 Å². The fourth-order valence-corrected chi connectivity index (χ4v) is 3.65. The minimum absolute atomic E-state index is 0.560. The molecule has 4 rings (SSSR count). The van der Waals surface area contributed by atoms with Crippen LogP contribution in [0.2, 0.25) is 0 Å². The summed E-state index contributed by atoms with van der Waals surface area (Å²) in [5.74, 6) is 0.857. The molecule has 0 heterocycles. The molecule has 3 heteroatoms. The number of hydrogen-bond acceptors (Lipinski definition) is 3. The summed E-state index contributed by atoms with van der Waals surface area (Å²) in [6.45, 7) is 0. The lowest BCUT2D eigenvalue weighted by atomic mass is 9.77. The molecule has 2 aliphatic carbocycles. The molecule has 2 aromatic rings. The zero-order chi connectivity index (χ0) is 18.3. The molecule has 0 bridgehead atoms. The van der Waals surface area contributed by atoms with Gasteiger partial charge in [0.25, 0.3) is 0 Å². The first-order valence-corrected chi connectivity index (χ1v) is 8.73. The maximum Gasteiger partial charge on any atom is 0.118 e. The number of anilines is 1. The van der Waals surface area contributed by atoms with Gasteiger partial charge in [-0.3, -0.25) is 0 Å². The van der Waals surface area contributed by atoms with Crippen LogP contribution in [0.1, 0.15) is 16.7 Å². The largest absolute Gasteiger partial charge is 0.497 e. The minimum atomic E-state index is 0.560. The first-order valence-electron chi connectivity index (χ1n) is 8.73. The SMILES string of the molecule is COc1ccc(C2=C3C=CC(=N)C=C3Cc3cc(N(C)C)ccc32)cc1. The number of hydrogen-bond donors (Lipinski definition) is 1. The molecule has 0 fully saturated rings. The molecule has 0 spiro atoms. The topological polar surface area (TPSA) is 36.3 Å². The average Bonchev–Trinajstić information content (AvgIpc) is 2.65. The number of allylic oxidation sites excluding steroid dienone is 5. The highest BCUT2D eigenvalue weighted by Crippen LogP contribution is 2.41. The molecule has 0 saturated heterocycles. The van der Waals surface area contributed by atoms with Crippen LogP contribution in [-0.4, -0.2) is 26.9 Å². The van der Waals surface area contributed by atoms with Gasteiger partial charge in [-0.05, 0) is 76.2 Å². The molecular weight excluding hydrogens is 320 g/mol. The molecule has 2 aromatic carbocycles. The summed E-state index contributed by atoms with van der Waals surface area (Å²) in [4.78, 5) is 2.13. The molecule has 0 unspecified atom stereocenters. The quantitative estimate of drug-likeness (QED) is 0.882. The standard InChI is InChI=1S/C23H22N2O/c1-25(2)19-7-11-22-17(14-19)12-16-13-18(24)6-10-21(16)23(22)15-4-8-20(26-3)9-5-15/h4-11,13-14,24H,12H2,1-3H3. The molecule has 0 aliphatic heterocycles. The fourth-order valence-electron chi connectivity index (χ4n) is 3.65. The number of nitrogens with one attached hydrogen (secondary N) is 1. The van der Waals surface area contributed by atoms with E-state index in [4.69, 9.17) is 10.1 Å². The van der Waals surface area contributed by atoms with Crippen molar-refractivity contribution < 1.29 is 4.74 Å². The summed E-state index contributed by atoms with van der Waals surface area (Å²) in [7, 11) is 5.81. The van der Waals surface area contributed by atoms with Crippen molar-refractivity contribution in [1.29, 1.82) is 5.41 Å². The highest BCUT2D eigenvalue weighted by molar-refractivity contribution is 6.07. The molecule has 0 aromatic heterocycles. The molecule has 3 nitrogen and oxygen atoms in total. The Kier molecular flexibility index (Phi) is 4.00. The summed E-state index contributed by atoms with van der Waals surface area (Å²) >= 11 is 0. The van der Waals surface area contributed by atoms with Crippen molar-refractivity contribution in [2.45, 2.75) is 6.42 Å². The van der Waals surface area contributed by atoms with E-state index >= 15 is 0 Å². The van der Waals surface area contributed by atoms with Crippen LogP contribution in [0.4, 0.5) is 5.69 Å². The van der Waals surface area contributed by atoms with Gasteiger partial charge in [0, 0.05) is 19.8 Å². The second-order valence-corrected chi connectivity index (χ2v) is 6.89. The number of fused-ring (bicyclic) bond motifs is 2. The van der Waals surface area contributed by atoms with Crippen LogP contribution in [0.15, 0.2) is 71.8 Å². The Morgan fingerprint density at radius 2 is 1.77 bits per heavy atom. The normalized spacial score (nSPS) is 15.3. The zero-order valence-corrected chi connectivity index (χ0v) is 15.3. The first kappa shape index (κ1) is 16.4. The van der Waals surface area contributed by atoms with Gasteiger partial charge in [0.1, 0.15) is 5.75 Å². The summed E-state index contributed by atoms with van der Waals surface area (Å²) in [6.07, 6.45) is 6.81. The minimum Gasteiger partial charge on any atom is -0.497 e. The summed E-state index contributed by atoms with van der Waals surface area (Å²) in [6, 6.07) is 14.9. The van der Waals surface area contributed by atoms with Gasteiger partial charge in [0.2, 0.25) is 0 Å². The zero-order valence-electron chi connectivity index (χ0n) is 15.3. The summed E-state index contributed by atoms with van der Waals surface area (Å²) < 4.78 is 5.31. The Labute approximate surface area is 154 Å². The van der Waals surface area contributed by atoms with E-state index in [0.717, 1.165) is 12.2 Å². The molecule has 1 N–H and O–H groups in total. The highest BCUT2D eigenvalue weighted by atomic mass is 16.5. The monoisotopic (exact) mass is 342 g/mol. The third-order valence-electron chi connectivity index (χ3n) is 5.01. The van der Waals surface area contributed by atoms with Crippen molar-refractivity contribution >= 4 is 17.0 Å². The Bertz CT molecular complexity index is 976. The van der Waals surface area contributed by atoms with Crippen molar-refractivity contribution in [2.24, 2.45) is 0 Å². The van der Waals surface area contributed by atoms with Gasteiger partial charge in [-0.2, -0.15) is 0 Å². The molecule has 2 aliphatic rings. The van der Waals surface area contributed by atoms with Crippen molar-refractivity contribution in [3.05, 3.63) is 88.5 Å². The highest BCUT2D eigenvalue weighted by Gasteiger charge is 2.24. The molecular formula is C23H22N2O. The smallest absolute Gasteiger partial charge is 0.118 e. The number of nitrogens with zero attached hydrogens (tertiary/aromatic N) is 1. The van der Waals surface area contributed by atoms with Crippen LogP contribution < -0.4 is 9.64 Å². The Balaban J connectivity index is 1.94. The van der Waals surface area contributed by atoms with E-state index in [1.54, 1.807) is 7.11 Å². The molecule has 0 saturated carbocycles. The van der Waals surface area contributed by atoms with Gasteiger partial charge in [-0.1, -0.05) is 24.3 Å². The van der Waals surface area contributed by atoms with E-state index in [1.807, 2.05) is 24.3 Å². The van der Waals surface area contributed by atoms with E-state index in [0.29, 0.717) is 5.71 Å². The van der Waals surface area contributed by atoms with E-state index in [-0.39, 0.29) is 0 Å². The van der Waals surface area contributed by atoms with Crippen LogP contribution in [-0.2, 0) is 6.42 Å². The molecule has 0 atom stereocenters. The number of methoxy groups -OCH3 is 1. The predicted octanol–water partition coefficient (Wildman–Crippen LogP) is 4.64. The maximum absolute atomic E-state index is 8.02. The Hall–Kier alpha value is -3.07. The van der Waals surface area contributed by atoms with Crippen LogP contribution in [0.3, 0.4) is 0 Å². The second-order valence-electron chi connectivity index (χ2n) is 6.89. The van der Waals surface area contributed by atoms with Crippen LogP contribution in [0.25, 0.3) is 5.57 Å². The third-order valence-corrected chi connectivity index (χ3v) is 5.01. The van der Waals surface area contributed by atoms with Gasteiger partial charge in [0.15, 0.2) is 0 Å². The van der Waals surface area contributed by atoms with Crippen LogP contribution >= 0.6 is 0 Å². The molecule has 130 valence electrons. The Morgan fingerprint density at radius 3 is 2.46 bits per heavy atom. The van der Waals surface area contributed by atoms with Crippen LogP contribution in [0.5, 0.6) is 5.75 Å². The second kappa shape index (κ2) is 6.34. The van der Waals surface area contributed by atoms with Crippen molar-refractivity contribution in [1.82, 2.24) is 0 Å². The van der Waals surface area contributed by atoms with E-state index in [1.165, 1.54) is 39.1 Å². The van der Waals surface area contributed by atoms with E-state index in [2.05, 4.69) is 55.4 Å².